The molecule has 1 unspecified atom stereocenters. The Kier molecular flexibility index (Phi) is 4.28. The number of hydrogen-bond acceptors (Lipinski definition) is 3. The third-order valence-corrected chi connectivity index (χ3v) is 2.80. The first-order valence-corrected chi connectivity index (χ1v) is 6.09. The summed E-state index contributed by atoms with van der Waals surface area (Å²) in [6.07, 6.45) is 1.30. The number of carbonyl (C=O) groups is 1. The highest BCUT2D eigenvalue weighted by Gasteiger charge is 2.22. The Hall–Kier alpha value is -1.46. The van der Waals surface area contributed by atoms with Gasteiger partial charge in [-0.2, -0.15) is 0 Å². The van der Waals surface area contributed by atoms with E-state index in [1.165, 1.54) is 12.1 Å². The summed E-state index contributed by atoms with van der Waals surface area (Å²) in [6.45, 7) is 0.393. The summed E-state index contributed by atoms with van der Waals surface area (Å²) >= 11 is 0. The Labute approximate surface area is 105 Å². The van der Waals surface area contributed by atoms with Crippen LogP contribution in [-0.2, 0) is 4.79 Å². The molecule has 0 bridgehead atoms. The zero-order chi connectivity index (χ0) is 13.0. The summed E-state index contributed by atoms with van der Waals surface area (Å²) in [7, 11) is 0. The first kappa shape index (κ1) is 13.0. The lowest BCUT2D eigenvalue weighted by molar-refractivity contribution is -0.120. The van der Waals surface area contributed by atoms with E-state index in [4.69, 9.17) is 0 Å². The van der Waals surface area contributed by atoms with Crippen LogP contribution in [-0.4, -0.2) is 30.1 Å². The summed E-state index contributed by atoms with van der Waals surface area (Å²) in [5, 5.41) is 15.5. The average molecular weight is 252 g/mol. The molecule has 0 radical (unpaired) electrons. The number of amides is 1. The van der Waals surface area contributed by atoms with Gasteiger partial charge < -0.3 is 15.7 Å². The number of aliphatic hydroxyl groups excluding tert-OH is 1. The molecule has 2 rings (SSSR count). The van der Waals surface area contributed by atoms with E-state index in [-0.39, 0.29) is 24.8 Å². The van der Waals surface area contributed by atoms with Crippen LogP contribution in [0.25, 0.3) is 0 Å². The maximum Gasteiger partial charge on any atom is 0.234 e. The topological polar surface area (TPSA) is 61.4 Å². The second kappa shape index (κ2) is 5.93. The minimum Gasteiger partial charge on any atom is -0.387 e. The molecule has 4 nitrogen and oxygen atoms in total. The van der Waals surface area contributed by atoms with E-state index in [9.17, 15) is 14.3 Å². The van der Waals surface area contributed by atoms with Crippen molar-refractivity contribution in [3.8, 4) is 0 Å². The highest BCUT2D eigenvalue weighted by molar-refractivity contribution is 5.78. The van der Waals surface area contributed by atoms with Gasteiger partial charge in [0, 0.05) is 12.6 Å². The fourth-order valence-electron chi connectivity index (χ4n) is 1.66. The Morgan fingerprint density at radius 3 is 2.94 bits per heavy atom. The molecule has 0 aromatic heterocycles. The lowest BCUT2D eigenvalue weighted by atomic mass is 10.1. The van der Waals surface area contributed by atoms with Crippen molar-refractivity contribution in [2.45, 2.75) is 25.0 Å². The van der Waals surface area contributed by atoms with Crippen LogP contribution >= 0.6 is 0 Å². The van der Waals surface area contributed by atoms with Crippen molar-refractivity contribution in [2.75, 3.05) is 13.1 Å². The lowest BCUT2D eigenvalue weighted by Crippen LogP contribution is -2.36. The van der Waals surface area contributed by atoms with Gasteiger partial charge in [-0.25, -0.2) is 4.39 Å². The number of hydrogen-bond donors (Lipinski definition) is 3. The predicted octanol–water partition coefficient (Wildman–Crippen LogP) is 0.727. The van der Waals surface area contributed by atoms with E-state index >= 15 is 0 Å². The third kappa shape index (κ3) is 4.09. The SMILES string of the molecule is O=C(CNCC(O)c1cccc(F)c1)NC1CC1. The van der Waals surface area contributed by atoms with Gasteiger partial charge >= 0.3 is 0 Å². The minimum absolute atomic E-state index is 0.0658. The van der Waals surface area contributed by atoms with Crippen LogP contribution in [0.2, 0.25) is 0 Å². The zero-order valence-corrected chi connectivity index (χ0v) is 10.0. The highest BCUT2D eigenvalue weighted by atomic mass is 19.1. The molecule has 1 fully saturated rings. The van der Waals surface area contributed by atoms with E-state index in [2.05, 4.69) is 10.6 Å². The molecule has 1 aromatic carbocycles. The molecule has 18 heavy (non-hydrogen) atoms. The van der Waals surface area contributed by atoms with Crippen LogP contribution in [0.5, 0.6) is 0 Å². The quantitative estimate of drug-likeness (QED) is 0.699. The molecule has 1 aliphatic carbocycles. The van der Waals surface area contributed by atoms with Crippen molar-refractivity contribution in [1.82, 2.24) is 10.6 Å². The van der Waals surface area contributed by atoms with Gasteiger partial charge in [0.15, 0.2) is 0 Å². The predicted molar refractivity (Wildman–Crippen MR) is 65.4 cm³/mol. The summed E-state index contributed by atoms with van der Waals surface area (Å²) in [5.41, 5.74) is 0.505. The first-order valence-electron chi connectivity index (χ1n) is 6.09. The number of rotatable bonds is 6. The standard InChI is InChI=1S/C13H17FN2O2/c14-10-3-1-2-9(6-10)12(17)7-15-8-13(18)16-11-4-5-11/h1-3,6,11-12,15,17H,4-5,7-8H2,(H,16,18). The van der Waals surface area contributed by atoms with Gasteiger partial charge in [0.25, 0.3) is 0 Å². The molecular weight excluding hydrogens is 235 g/mol. The molecule has 3 N–H and O–H groups in total. The van der Waals surface area contributed by atoms with Gasteiger partial charge in [0.1, 0.15) is 5.82 Å². The Balaban J connectivity index is 1.70. The van der Waals surface area contributed by atoms with Crippen LogP contribution < -0.4 is 10.6 Å². The van der Waals surface area contributed by atoms with Gasteiger partial charge in [-0.3, -0.25) is 4.79 Å². The van der Waals surface area contributed by atoms with Gasteiger partial charge in [-0.1, -0.05) is 12.1 Å². The van der Waals surface area contributed by atoms with Crippen molar-refractivity contribution >= 4 is 5.91 Å². The van der Waals surface area contributed by atoms with Crippen molar-refractivity contribution in [3.05, 3.63) is 35.6 Å². The Morgan fingerprint density at radius 2 is 2.28 bits per heavy atom. The molecular formula is C13H17FN2O2. The number of nitrogens with one attached hydrogen (secondary N) is 2. The van der Waals surface area contributed by atoms with E-state index < -0.39 is 6.10 Å². The number of aliphatic hydroxyl groups is 1. The zero-order valence-electron chi connectivity index (χ0n) is 10.0. The lowest BCUT2D eigenvalue weighted by Gasteiger charge is -2.12. The van der Waals surface area contributed by atoms with E-state index in [1.807, 2.05) is 0 Å². The molecule has 1 aliphatic rings. The summed E-state index contributed by atoms with van der Waals surface area (Å²) in [4.78, 5) is 11.4. The largest absolute Gasteiger partial charge is 0.387 e. The molecule has 5 heteroatoms. The molecule has 1 saturated carbocycles. The van der Waals surface area contributed by atoms with Crippen molar-refractivity contribution in [1.29, 1.82) is 0 Å². The maximum absolute atomic E-state index is 12.9. The maximum atomic E-state index is 12.9. The second-order valence-corrected chi connectivity index (χ2v) is 4.54. The summed E-state index contributed by atoms with van der Waals surface area (Å²) in [5.74, 6) is -0.443. The van der Waals surface area contributed by atoms with Crippen LogP contribution in [0, 0.1) is 5.82 Å². The van der Waals surface area contributed by atoms with E-state index in [0.717, 1.165) is 12.8 Å². The Morgan fingerprint density at radius 1 is 1.50 bits per heavy atom. The average Bonchev–Trinajstić information content (AvgIpc) is 3.12. The molecule has 0 saturated heterocycles. The van der Waals surface area contributed by atoms with E-state index in [1.54, 1.807) is 12.1 Å². The molecule has 0 spiro atoms. The fourth-order valence-corrected chi connectivity index (χ4v) is 1.66. The van der Waals surface area contributed by atoms with Crippen molar-refractivity contribution < 1.29 is 14.3 Å². The molecule has 1 atom stereocenters. The summed E-state index contributed by atoms with van der Waals surface area (Å²) < 4.78 is 12.9. The van der Waals surface area contributed by atoms with Gasteiger partial charge in [0.2, 0.25) is 5.91 Å². The second-order valence-electron chi connectivity index (χ2n) is 4.54. The number of halogens is 1. The fraction of sp³-hybridized carbons (Fsp3) is 0.462. The van der Waals surface area contributed by atoms with Crippen molar-refractivity contribution in [2.24, 2.45) is 0 Å². The van der Waals surface area contributed by atoms with E-state index in [0.29, 0.717) is 11.6 Å². The van der Waals surface area contributed by atoms with Crippen LogP contribution in [0.1, 0.15) is 24.5 Å². The summed E-state index contributed by atoms with van der Waals surface area (Å²) in [6, 6.07) is 6.16. The van der Waals surface area contributed by atoms with Crippen LogP contribution in [0.4, 0.5) is 4.39 Å². The van der Waals surface area contributed by atoms with Crippen LogP contribution in [0.15, 0.2) is 24.3 Å². The first-order chi connectivity index (χ1) is 8.65. The van der Waals surface area contributed by atoms with Gasteiger partial charge in [-0.05, 0) is 30.5 Å². The monoisotopic (exact) mass is 252 g/mol. The normalized spacial score (nSPS) is 16.3. The number of benzene rings is 1. The molecule has 98 valence electrons. The minimum atomic E-state index is -0.811. The highest BCUT2D eigenvalue weighted by Crippen LogP contribution is 2.18. The molecule has 1 amide bonds. The van der Waals surface area contributed by atoms with Crippen molar-refractivity contribution in [3.63, 3.8) is 0 Å². The molecule has 0 aliphatic heterocycles. The number of carbonyl (C=O) groups excluding carboxylic acids is 1. The van der Waals surface area contributed by atoms with Gasteiger partial charge in [0.05, 0.1) is 12.6 Å². The van der Waals surface area contributed by atoms with Crippen LogP contribution in [0.3, 0.4) is 0 Å². The molecule has 1 aromatic rings. The smallest absolute Gasteiger partial charge is 0.234 e. The van der Waals surface area contributed by atoms with Gasteiger partial charge in [-0.15, -0.1) is 0 Å². The Bertz CT molecular complexity index is 421. The molecule has 0 heterocycles. The third-order valence-electron chi connectivity index (χ3n) is 2.80.